The van der Waals surface area contributed by atoms with E-state index in [2.05, 4.69) is 10.6 Å². The van der Waals surface area contributed by atoms with Crippen molar-refractivity contribution in [3.05, 3.63) is 96.1 Å². The lowest BCUT2D eigenvalue weighted by molar-refractivity contribution is -0.117. The molecule has 4 heteroatoms. The predicted octanol–water partition coefficient (Wildman–Crippen LogP) is 5.20. The van der Waals surface area contributed by atoms with Crippen molar-refractivity contribution in [2.75, 3.05) is 10.6 Å². The van der Waals surface area contributed by atoms with Crippen LogP contribution in [-0.2, 0) is 9.59 Å². The highest BCUT2D eigenvalue weighted by molar-refractivity contribution is 5.99. The first-order valence-electron chi connectivity index (χ1n) is 9.48. The molecule has 0 aliphatic heterocycles. The summed E-state index contributed by atoms with van der Waals surface area (Å²) < 4.78 is 0. The van der Waals surface area contributed by atoms with Crippen molar-refractivity contribution in [1.82, 2.24) is 0 Å². The van der Waals surface area contributed by atoms with Crippen molar-refractivity contribution in [3.63, 3.8) is 0 Å². The number of carbonyl (C=O) groups is 2. The fourth-order valence-electron chi connectivity index (χ4n) is 3.13. The molecule has 0 aliphatic rings. The van der Waals surface area contributed by atoms with E-state index in [-0.39, 0.29) is 11.8 Å². The summed E-state index contributed by atoms with van der Waals surface area (Å²) in [5.74, 6) is -0.562. The summed E-state index contributed by atoms with van der Waals surface area (Å²) in [5.41, 5.74) is 3.18. The minimum atomic E-state index is -0.416. The van der Waals surface area contributed by atoms with Crippen molar-refractivity contribution in [2.45, 2.75) is 25.7 Å². The molecule has 0 aromatic heterocycles. The first-order valence-corrected chi connectivity index (χ1v) is 9.48. The normalized spacial score (nSPS) is 10.5. The molecule has 0 heterocycles. The third kappa shape index (κ3) is 5.07. The van der Waals surface area contributed by atoms with Crippen molar-refractivity contribution < 1.29 is 9.59 Å². The van der Waals surface area contributed by atoms with Crippen molar-refractivity contribution in [3.8, 4) is 0 Å². The molecule has 0 fully saturated rings. The lowest BCUT2D eigenvalue weighted by Crippen LogP contribution is -2.22. The van der Waals surface area contributed by atoms with Crippen LogP contribution in [0.3, 0.4) is 0 Å². The van der Waals surface area contributed by atoms with Gasteiger partial charge in [-0.2, -0.15) is 0 Å². The second-order valence-electron chi connectivity index (χ2n) is 6.62. The molecule has 0 spiro atoms. The highest BCUT2D eigenvalue weighted by atomic mass is 16.2. The Labute approximate surface area is 165 Å². The average molecular weight is 372 g/mol. The molecule has 0 bridgehead atoms. The predicted molar refractivity (Wildman–Crippen MR) is 113 cm³/mol. The number of anilines is 2. The van der Waals surface area contributed by atoms with Crippen LogP contribution >= 0.6 is 0 Å². The maximum absolute atomic E-state index is 13.2. The van der Waals surface area contributed by atoms with E-state index >= 15 is 0 Å². The van der Waals surface area contributed by atoms with Gasteiger partial charge in [-0.25, -0.2) is 0 Å². The van der Waals surface area contributed by atoms with E-state index in [1.54, 1.807) is 6.07 Å². The molecule has 28 heavy (non-hydrogen) atoms. The van der Waals surface area contributed by atoms with Gasteiger partial charge in [0.25, 0.3) is 0 Å². The van der Waals surface area contributed by atoms with E-state index < -0.39 is 5.92 Å². The third-order valence-electron chi connectivity index (χ3n) is 4.42. The van der Waals surface area contributed by atoms with Crippen LogP contribution in [0.5, 0.6) is 0 Å². The maximum atomic E-state index is 13.2. The van der Waals surface area contributed by atoms with Gasteiger partial charge in [-0.1, -0.05) is 73.7 Å². The number of carbonyl (C=O) groups excluding carboxylic acids is 2. The van der Waals surface area contributed by atoms with E-state index in [9.17, 15) is 9.59 Å². The van der Waals surface area contributed by atoms with Crippen LogP contribution in [-0.4, -0.2) is 11.8 Å². The summed E-state index contributed by atoms with van der Waals surface area (Å²) in [5, 5.41) is 5.85. The summed E-state index contributed by atoms with van der Waals surface area (Å²) in [6.45, 7) is 1.96. The lowest BCUT2D eigenvalue weighted by Gasteiger charge is -2.18. The first kappa shape index (κ1) is 19.4. The minimum Gasteiger partial charge on any atom is -0.326 e. The zero-order valence-electron chi connectivity index (χ0n) is 15.9. The molecule has 0 unspecified atom stereocenters. The van der Waals surface area contributed by atoms with Crippen molar-refractivity contribution in [2.24, 2.45) is 0 Å². The van der Waals surface area contributed by atoms with Gasteiger partial charge in [0, 0.05) is 17.8 Å². The SMILES string of the molecule is CCCC(=O)Nc1cccc(NC(=O)C(c2ccccc2)c2ccccc2)c1. The number of benzene rings is 3. The van der Waals surface area contributed by atoms with Crippen LogP contribution in [0, 0.1) is 0 Å². The third-order valence-corrected chi connectivity index (χ3v) is 4.42. The Hall–Kier alpha value is -3.40. The van der Waals surface area contributed by atoms with Crippen molar-refractivity contribution in [1.29, 1.82) is 0 Å². The monoisotopic (exact) mass is 372 g/mol. The average Bonchev–Trinajstić information content (AvgIpc) is 2.70. The number of rotatable bonds is 7. The van der Waals surface area contributed by atoms with Gasteiger partial charge in [0.1, 0.15) is 0 Å². The second-order valence-corrected chi connectivity index (χ2v) is 6.62. The molecule has 0 aliphatic carbocycles. The lowest BCUT2D eigenvalue weighted by atomic mass is 9.90. The molecule has 0 saturated heterocycles. The zero-order valence-corrected chi connectivity index (χ0v) is 15.9. The van der Waals surface area contributed by atoms with Crippen LogP contribution in [0.2, 0.25) is 0 Å². The van der Waals surface area contributed by atoms with E-state index in [0.29, 0.717) is 17.8 Å². The number of amides is 2. The topological polar surface area (TPSA) is 58.2 Å². The summed E-state index contributed by atoms with van der Waals surface area (Å²) >= 11 is 0. The number of hydrogen-bond acceptors (Lipinski definition) is 2. The molecule has 3 aromatic carbocycles. The molecule has 2 amide bonds. The van der Waals surface area contributed by atoms with Gasteiger partial charge in [-0.15, -0.1) is 0 Å². The Morgan fingerprint density at radius 3 is 1.82 bits per heavy atom. The van der Waals surface area contributed by atoms with E-state index in [1.807, 2.05) is 85.8 Å². The summed E-state index contributed by atoms with van der Waals surface area (Å²) in [4.78, 5) is 25.0. The molecule has 3 aromatic rings. The van der Waals surface area contributed by atoms with Gasteiger partial charge in [0.15, 0.2) is 0 Å². The maximum Gasteiger partial charge on any atom is 0.236 e. The van der Waals surface area contributed by atoms with E-state index in [4.69, 9.17) is 0 Å². The van der Waals surface area contributed by atoms with E-state index in [1.165, 1.54) is 0 Å². The smallest absolute Gasteiger partial charge is 0.236 e. The molecular weight excluding hydrogens is 348 g/mol. The Kier molecular flexibility index (Phi) is 6.58. The molecule has 2 N–H and O–H groups in total. The molecule has 4 nitrogen and oxygen atoms in total. The van der Waals surface area contributed by atoms with Crippen LogP contribution < -0.4 is 10.6 Å². The van der Waals surface area contributed by atoms with E-state index in [0.717, 1.165) is 17.5 Å². The fraction of sp³-hybridized carbons (Fsp3) is 0.167. The van der Waals surface area contributed by atoms with Crippen LogP contribution in [0.1, 0.15) is 36.8 Å². The fourth-order valence-corrected chi connectivity index (χ4v) is 3.13. The highest BCUT2D eigenvalue weighted by Gasteiger charge is 2.22. The largest absolute Gasteiger partial charge is 0.326 e. The number of hydrogen-bond donors (Lipinski definition) is 2. The Bertz CT molecular complexity index is 884. The summed E-state index contributed by atoms with van der Waals surface area (Å²) in [7, 11) is 0. The first-order chi connectivity index (χ1) is 13.7. The van der Waals surface area contributed by atoms with Gasteiger partial charge in [0.2, 0.25) is 11.8 Å². The summed E-state index contributed by atoms with van der Waals surface area (Å²) in [6.07, 6.45) is 1.26. The second kappa shape index (κ2) is 9.51. The Balaban J connectivity index is 1.82. The quantitative estimate of drug-likeness (QED) is 0.599. The molecular formula is C24H24N2O2. The van der Waals surface area contributed by atoms with Crippen LogP contribution in [0.25, 0.3) is 0 Å². The molecule has 0 radical (unpaired) electrons. The van der Waals surface area contributed by atoms with Gasteiger partial charge < -0.3 is 10.6 Å². The van der Waals surface area contributed by atoms with Crippen LogP contribution in [0.15, 0.2) is 84.9 Å². The van der Waals surface area contributed by atoms with Gasteiger partial charge in [0.05, 0.1) is 5.92 Å². The minimum absolute atomic E-state index is 0.0302. The van der Waals surface area contributed by atoms with Crippen molar-refractivity contribution >= 4 is 23.2 Å². The molecule has 142 valence electrons. The van der Waals surface area contributed by atoms with Gasteiger partial charge in [-0.3, -0.25) is 9.59 Å². The number of nitrogens with one attached hydrogen (secondary N) is 2. The van der Waals surface area contributed by atoms with Gasteiger partial charge >= 0.3 is 0 Å². The standard InChI is InChI=1S/C24H24N2O2/c1-2-10-22(27)25-20-15-9-16-21(17-20)26-24(28)23(18-11-5-3-6-12-18)19-13-7-4-8-14-19/h3-9,11-17,23H,2,10H2,1H3,(H,25,27)(H,26,28). The zero-order chi connectivity index (χ0) is 19.8. The molecule has 0 atom stereocenters. The van der Waals surface area contributed by atoms with Gasteiger partial charge in [-0.05, 0) is 35.7 Å². The van der Waals surface area contributed by atoms with Crippen LogP contribution in [0.4, 0.5) is 11.4 Å². The molecule has 0 saturated carbocycles. The highest BCUT2D eigenvalue weighted by Crippen LogP contribution is 2.27. The summed E-state index contributed by atoms with van der Waals surface area (Å²) in [6, 6.07) is 26.7. The molecule has 3 rings (SSSR count). The Morgan fingerprint density at radius 1 is 0.750 bits per heavy atom. The Morgan fingerprint density at radius 2 is 1.29 bits per heavy atom.